The first-order chi connectivity index (χ1) is 7.77. The highest BCUT2D eigenvalue weighted by Crippen LogP contribution is 2.13. The number of hydrogen-bond donors (Lipinski definition) is 1. The minimum atomic E-state index is -0.169. The summed E-state index contributed by atoms with van der Waals surface area (Å²) in [5, 5.41) is 12.4. The monoisotopic (exact) mass is 216 g/mol. The van der Waals surface area contributed by atoms with Crippen LogP contribution in [0.25, 0.3) is 0 Å². The molecule has 0 spiro atoms. The molecule has 2 heteroatoms. The van der Waals surface area contributed by atoms with Crippen LogP contribution in [-0.2, 0) is 0 Å². The van der Waals surface area contributed by atoms with Crippen LogP contribution in [-0.4, -0.2) is 6.54 Å². The van der Waals surface area contributed by atoms with Gasteiger partial charge >= 0.3 is 0 Å². The third-order valence-electron chi connectivity index (χ3n) is 2.67. The molecule has 0 heterocycles. The quantitative estimate of drug-likeness (QED) is 0.740. The molecule has 1 N–H and O–H groups in total. The molecule has 1 rings (SSSR count). The first kappa shape index (κ1) is 12.7. The van der Waals surface area contributed by atoms with E-state index in [-0.39, 0.29) is 6.04 Å². The molecule has 0 radical (unpaired) electrons. The Morgan fingerprint density at radius 1 is 1.25 bits per heavy atom. The minimum absolute atomic E-state index is 0.169. The number of rotatable bonds is 6. The Hall–Kier alpha value is -1.33. The summed E-state index contributed by atoms with van der Waals surface area (Å²) in [6.07, 6.45) is 3.57. The summed E-state index contributed by atoms with van der Waals surface area (Å²) in [6, 6.07) is 10.3. The largest absolute Gasteiger partial charge is 0.298 e. The lowest BCUT2D eigenvalue weighted by Crippen LogP contribution is -2.21. The van der Waals surface area contributed by atoms with Crippen LogP contribution in [0.4, 0.5) is 0 Å². The van der Waals surface area contributed by atoms with Gasteiger partial charge in [0.05, 0.1) is 6.07 Å². The second kappa shape index (κ2) is 7.03. The topological polar surface area (TPSA) is 35.8 Å². The SMILES string of the molecule is CCCCCNC(C#N)c1ccc(C)cc1. The first-order valence-corrected chi connectivity index (χ1v) is 5.97. The van der Waals surface area contributed by atoms with Crippen molar-refractivity contribution in [3.63, 3.8) is 0 Å². The maximum Gasteiger partial charge on any atom is 0.121 e. The number of aryl methyl sites for hydroxylation is 1. The van der Waals surface area contributed by atoms with Crippen molar-refractivity contribution >= 4 is 0 Å². The average molecular weight is 216 g/mol. The average Bonchev–Trinajstić information content (AvgIpc) is 2.31. The van der Waals surface area contributed by atoms with E-state index in [1.54, 1.807) is 0 Å². The number of nitrogens with zero attached hydrogens (tertiary/aromatic N) is 1. The molecule has 0 saturated carbocycles. The van der Waals surface area contributed by atoms with Crippen molar-refractivity contribution in [2.45, 2.75) is 39.2 Å². The van der Waals surface area contributed by atoms with Crippen LogP contribution in [0.5, 0.6) is 0 Å². The molecular formula is C14H20N2. The predicted octanol–water partition coefficient (Wildman–Crippen LogP) is 3.34. The van der Waals surface area contributed by atoms with E-state index in [0.29, 0.717) is 0 Å². The molecule has 1 aromatic rings. The highest BCUT2D eigenvalue weighted by molar-refractivity contribution is 5.27. The van der Waals surface area contributed by atoms with Crippen LogP contribution in [0.3, 0.4) is 0 Å². The second-order valence-corrected chi connectivity index (χ2v) is 4.13. The molecule has 86 valence electrons. The van der Waals surface area contributed by atoms with Gasteiger partial charge in [-0.05, 0) is 25.5 Å². The van der Waals surface area contributed by atoms with Crippen molar-refractivity contribution in [1.29, 1.82) is 5.26 Å². The highest BCUT2D eigenvalue weighted by Gasteiger charge is 2.08. The normalized spacial score (nSPS) is 12.1. The summed E-state index contributed by atoms with van der Waals surface area (Å²) in [7, 11) is 0. The van der Waals surface area contributed by atoms with Gasteiger partial charge in [-0.15, -0.1) is 0 Å². The predicted molar refractivity (Wildman–Crippen MR) is 67.1 cm³/mol. The lowest BCUT2D eigenvalue weighted by atomic mass is 10.1. The molecular weight excluding hydrogens is 196 g/mol. The minimum Gasteiger partial charge on any atom is -0.298 e. The molecule has 1 atom stereocenters. The smallest absolute Gasteiger partial charge is 0.121 e. The highest BCUT2D eigenvalue weighted by atomic mass is 14.9. The molecule has 0 saturated heterocycles. The van der Waals surface area contributed by atoms with Crippen LogP contribution in [0, 0.1) is 18.3 Å². The zero-order valence-electron chi connectivity index (χ0n) is 10.2. The van der Waals surface area contributed by atoms with Crippen LogP contribution in [0.2, 0.25) is 0 Å². The van der Waals surface area contributed by atoms with Gasteiger partial charge in [0.15, 0.2) is 0 Å². The van der Waals surface area contributed by atoms with Crippen LogP contribution in [0.15, 0.2) is 24.3 Å². The molecule has 0 amide bonds. The maximum absolute atomic E-state index is 9.09. The molecule has 0 bridgehead atoms. The maximum atomic E-state index is 9.09. The molecule has 1 unspecified atom stereocenters. The zero-order chi connectivity index (χ0) is 11.8. The van der Waals surface area contributed by atoms with Gasteiger partial charge in [-0.2, -0.15) is 5.26 Å². The zero-order valence-corrected chi connectivity index (χ0v) is 10.2. The van der Waals surface area contributed by atoms with E-state index < -0.39 is 0 Å². The van der Waals surface area contributed by atoms with Gasteiger partial charge in [-0.1, -0.05) is 49.6 Å². The van der Waals surface area contributed by atoms with Gasteiger partial charge in [0.1, 0.15) is 6.04 Å². The lowest BCUT2D eigenvalue weighted by Gasteiger charge is -2.11. The van der Waals surface area contributed by atoms with Gasteiger partial charge in [0.2, 0.25) is 0 Å². The summed E-state index contributed by atoms with van der Waals surface area (Å²) < 4.78 is 0. The molecule has 1 aromatic carbocycles. The number of unbranched alkanes of at least 4 members (excludes halogenated alkanes) is 2. The van der Waals surface area contributed by atoms with Crippen LogP contribution >= 0.6 is 0 Å². The summed E-state index contributed by atoms with van der Waals surface area (Å²) in [5.41, 5.74) is 2.29. The van der Waals surface area contributed by atoms with Crippen LogP contribution in [0.1, 0.15) is 43.4 Å². The van der Waals surface area contributed by atoms with Crippen LogP contribution < -0.4 is 5.32 Å². The Balaban J connectivity index is 2.48. The van der Waals surface area contributed by atoms with Gasteiger partial charge < -0.3 is 0 Å². The van der Waals surface area contributed by atoms with E-state index in [9.17, 15) is 0 Å². The Labute approximate surface area is 98.3 Å². The van der Waals surface area contributed by atoms with Gasteiger partial charge in [0.25, 0.3) is 0 Å². The molecule has 0 fully saturated rings. The number of nitriles is 1. The second-order valence-electron chi connectivity index (χ2n) is 4.13. The summed E-state index contributed by atoms with van der Waals surface area (Å²) in [6.45, 7) is 5.15. The van der Waals surface area contributed by atoms with Crippen molar-refractivity contribution in [2.75, 3.05) is 6.54 Å². The number of nitrogens with one attached hydrogen (secondary N) is 1. The molecule has 0 aliphatic heterocycles. The van der Waals surface area contributed by atoms with E-state index in [0.717, 1.165) is 18.5 Å². The van der Waals surface area contributed by atoms with Crippen molar-refractivity contribution in [1.82, 2.24) is 5.32 Å². The Morgan fingerprint density at radius 2 is 1.94 bits per heavy atom. The third kappa shape index (κ3) is 4.04. The fourth-order valence-corrected chi connectivity index (χ4v) is 1.62. The fourth-order valence-electron chi connectivity index (χ4n) is 1.62. The van der Waals surface area contributed by atoms with E-state index >= 15 is 0 Å². The Bertz CT molecular complexity index is 335. The molecule has 16 heavy (non-hydrogen) atoms. The Kier molecular flexibility index (Phi) is 5.60. The van der Waals surface area contributed by atoms with Gasteiger partial charge in [0, 0.05) is 0 Å². The molecule has 0 aliphatic rings. The van der Waals surface area contributed by atoms with Crippen molar-refractivity contribution in [2.24, 2.45) is 0 Å². The van der Waals surface area contributed by atoms with Crippen molar-refractivity contribution in [3.8, 4) is 6.07 Å². The summed E-state index contributed by atoms with van der Waals surface area (Å²) in [4.78, 5) is 0. The van der Waals surface area contributed by atoms with Gasteiger partial charge in [-0.3, -0.25) is 5.32 Å². The summed E-state index contributed by atoms with van der Waals surface area (Å²) >= 11 is 0. The standard InChI is InChI=1S/C14H20N2/c1-3-4-5-10-16-14(11-15)13-8-6-12(2)7-9-13/h6-9,14,16H,3-5,10H2,1-2H3. The van der Waals surface area contributed by atoms with E-state index in [1.807, 2.05) is 24.3 Å². The molecule has 0 aliphatic carbocycles. The number of benzene rings is 1. The van der Waals surface area contributed by atoms with Crippen molar-refractivity contribution in [3.05, 3.63) is 35.4 Å². The summed E-state index contributed by atoms with van der Waals surface area (Å²) in [5.74, 6) is 0. The van der Waals surface area contributed by atoms with E-state index in [4.69, 9.17) is 5.26 Å². The lowest BCUT2D eigenvalue weighted by molar-refractivity contribution is 0.581. The third-order valence-corrected chi connectivity index (χ3v) is 2.67. The molecule has 0 aromatic heterocycles. The first-order valence-electron chi connectivity index (χ1n) is 5.97. The van der Waals surface area contributed by atoms with Gasteiger partial charge in [-0.25, -0.2) is 0 Å². The number of hydrogen-bond acceptors (Lipinski definition) is 2. The van der Waals surface area contributed by atoms with Crippen molar-refractivity contribution < 1.29 is 0 Å². The van der Waals surface area contributed by atoms with E-state index in [2.05, 4.69) is 25.2 Å². The molecule has 2 nitrogen and oxygen atoms in total. The Morgan fingerprint density at radius 3 is 2.50 bits per heavy atom. The van der Waals surface area contributed by atoms with E-state index in [1.165, 1.54) is 18.4 Å². The fraction of sp³-hybridized carbons (Fsp3) is 0.500.